The van der Waals surface area contributed by atoms with Crippen molar-refractivity contribution in [2.75, 3.05) is 13.1 Å². The Hall–Kier alpha value is -1.22. The molecule has 2 N–H and O–H groups in total. The number of carbonyl (C=O) groups is 1. The van der Waals surface area contributed by atoms with E-state index in [4.69, 9.17) is 11.0 Å². The van der Waals surface area contributed by atoms with Crippen molar-refractivity contribution in [2.24, 2.45) is 5.73 Å². The van der Waals surface area contributed by atoms with Crippen LogP contribution in [0.2, 0.25) is 0 Å². The average Bonchev–Trinajstić information content (AvgIpc) is 2.41. The summed E-state index contributed by atoms with van der Waals surface area (Å²) < 4.78 is 25.8. The van der Waals surface area contributed by atoms with Gasteiger partial charge in [0.2, 0.25) is 5.91 Å². The zero-order valence-corrected chi connectivity index (χ0v) is 7.54. The predicted molar refractivity (Wildman–Crippen MR) is 44.3 cm³/mol. The highest BCUT2D eigenvalue weighted by molar-refractivity contribution is 5.78. The van der Waals surface area contributed by atoms with E-state index in [1.165, 1.54) is 0 Å². The van der Waals surface area contributed by atoms with Gasteiger partial charge in [0.25, 0.3) is 5.92 Å². The van der Waals surface area contributed by atoms with Crippen LogP contribution >= 0.6 is 0 Å². The van der Waals surface area contributed by atoms with Crippen LogP contribution in [0, 0.1) is 11.3 Å². The Morgan fingerprint density at radius 2 is 2.36 bits per heavy atom. The quantitative estimate of drug-likeness (QED) is 0.691. The van der Waals surface area contributed by atoms with E-state index in [0.29, 0.717) is 0 Å². The lowest BCUT2D eigenvalue weighted by molar-refractivity contribution is -0.131. The Morgan fingerprint density at radius 3 is 2.86 bits per heavy atom. The zero-order valence-electron chi connectivity index (χ0n) is 7.54. The van der Waals surface area contributed by atoms with Gasteiger partial charge in [0.05, 0.1) is 31.6 Å². The van der Waals surface area contributed by atoms with Gasteiger partial charge in [0, 0.05) is 6.42 Å². The third-order valence-corrected chi connectivity index (χ3v) is 2.20. The van der Waals surface area contributed by atoms with E-state index in [-0.39, 0.29) is 13.0 Å². The molecule has 1 unspecified atom stereocenters. The molecule has 1 saturated heterocycles. The lowest BCUT2D eigenvalue weighted by atomic mass is 10.1. The Labute approximate surface area is 80.3 Å². The van der Waals surface area contributed by atoms with Crippen molar-refractivity contribution < 1.29 is 13.6 Å². The van der Waals surface area contributed by atoms with Gasteiger partial charge in [0.15, 0.2) is 0 Å². The predicted octanol–water partition coefficient (Wildman–Crippen LogP) is 0.0950. The van der Waals surface area contributed by atoms with Crippen LogP contribution in [0.15, 0.2) is 0 Å². The molecule has 0 saturated carbocycles. The Kier molecular flexibility index (Phi) is 3.01. The largest absolute Gasteiger partial charge is 0.331 e. The summed E-state index contributed by atoms with van der Waals surface area (Å²) in [5.74, 6) is -3.41. The van der Waals surface area contributed by atoms with E-state index < -0.39 is 30.8 Å². The van der Waals surface area contributed by atoms with E-state index in [2.05, 4.69) is 0 Å². The SMILES string of the molecule is N#CCC1CC(F)(F)CN1C(=O)CN. The van der Waals surface area contributed by atoms with Crippen molar-refractivity contribution in [2.45, 2.75) is 24.8 Å². The molecule has 0 aliphatic carbocycles. The Bertz CT molecular complexity index is 274. The summed E-state index contributed by atoms with van der Waals surface area (Å²) in [6.07, 6.45) is -0.506. The summed E-state index contributed by atoms with van der Waals surface area (Å²) in [4.78, 5) is 12.1. The fraction of sp³-hybridized carbons (Fsp3) is 0.750. The molecule has 1 rings (SSSR count). The number of nitrogens with zero attached hydrogens (tertiary/aromatic N) is 2. The van der Waals surface area contributed by atoms with Crippen molar-refractivity contribution in [3.63, 3.8) is 0 Å². The van der Waals surface area contributed by atoms with Gasteiger partial charge in [-0.3, -0.25) is 4.79 Å². The molecule has 0 radical (unpaired) electrons. The topological polar surface area (TPSA) is 70.1 Å². The molecule has 1 heterocycles. The molecular weight excluding hydrogens is 192 g/mol. The number of hydrogen-bond donors (Lipinski definition) is 1. The smallest absolute Gasteiger partial charge is 0.267 e. The molecule has 14 heavy (non-hydrogen) atoms. The number of carbonyl (C=O) groups excluding carboxylic acids is 1. The van der Waals surface area contributed by atoms with Crippen LogP contribution in [-0.2, 0) is 4.79 Å². The van der Waals surface area contributed by atoms with Gasteiger partial charge in [-0.1, -0.05) is 0 Å². The molecule has 1 atom stereocenters. The number of likely N-dealkylation sites (tertiary alicyclic amines) is 1. The molecular formula is C8H11F2N3O. The second kappa shape index (κ2) is 3.88. The van der Waals surface area contributed by atoms with Crippen molar-refractivity contribution >= 4 is 5.91 Å². The van der Waals surface area contributed by atoms with Gasteiger partial charge < -0.3 is 10.6 Å². The summed E-state index contributed by atoms with van der Waals surface area (Å²) >= 11 is 0. The standard InChI is InChI=1S/C8H11F2N3O/c9-8(10)3-6(1-2-11)13(5-8)7(14)4-12/h6H,1,3-5,12H2. The molecule has 1 fully saturated rings. The summed E-state index contributed by atoms with van der Waals surface area (Å²) in [6.45, 7) is -0.909. The molecule has 0 aromatic rings. The third-order valence-electron chi connectivity index (χ3n) is 2.20. The average molecular weight is 203 g/mol. The van der Waals surface area contributed by atoms with Crippen molar-refractivity contribution in [3.05, 3.63) is 0 Å². The van der Waals surface area contributed by atoms with Crippen LogP contribution in [0.3, 0.4) is 0 Å². The Balaban J connectivity index is 2.73. The maximum atomic E-state index is 12.9. The van der Waals surface area contributed by atoms with Crippen molar-refractivity contribution in [3.8, 4) is 6.07 Å². The minimum absolute atomic E-state index is 0.0681. The van der Waals surface area contributed by atoms with Gasteiger partial charge in [-0.15, -0.1) is 0 Å². The maximum Gasteiger partial charge on any atom is 0.267 e. The zero-order chi connectivity index (χ0) is 10.8. The van der Waals surface area contributed by atoms with Crippen LogP contribution in [0.1, 0.15) is 12.8 Å². The van der Waals surface area contributed by atoms with Crippen LogP contribution in [-0.4, -0.2) is 35.9 Å². The summed E-state index contributed by atoms with van der Waals surface area (Å²) in [5, 5.41) is 8.41. The molecule has 1 amide bonds. The number of halogens is 2. The second-order valence-electron chi connectivity index (χ2n) is 3.30. The molecule has 6 heteroatoms. The number of nitrogens with two attached hydrogens (primary N) is 1. The molecule has 4 nitrogen and oxygen atoms in total. The fourth-order valence-electron chi connectivity index (χ4n) is 1.59. The molecule has 0 aromatic carbocycles. The van der Waals surface area contributed by atoms with Gasteiger partial charge in [-0.05, 0) is 0 Å². The summed E-state index contributed by atoms with van der Waals surface area (Å²) in [6, 6.07) is 1.10. The minimum atomic E-state index is -2.88. The highest BCUT2D eigenvalue weighted by Crippen LogP contribution is 2.33. The minimum Gasteiger partial charge on any atom is -0.331 e. The first kappa shape index (κ1) is 10.9. The van der Waals surface area contributed by atoms with E-state index >= 15 is 0 Å². The lowest BCUT2D eigenvalue weighted by Gasteiger charge is -2.20. The van der Waals surface area contributed by atoms with Crippen LogP contribution in [0.4, 0.5) is 8.78 Å². The number of hydrogen-bond acceptors (Lipinski definition) is 3. The molecule has 1 aliphatic heterocycles. The first-order valence-corrected chi connectivity index (χ1v) is 4.24. The van der Waals surface area contributed by atoms with E-state index in [0.717, 1.165) is 4.90 Å². The van der Waals surface area contributed by atoms with Crippen LogP contribution in [0.5, 0.6) is 0 Å². The molecule has 0 bridgehead atoms. The van der Waals surface area contributed by atoms with Gasteiger partial charge in [-0.25, -0.2) is 8.78 Å². The number of amides is 1. The van der Waals surface area contributed by atoms with Crippen LogP contribution in [0.25, 0.3) is 0 Å². The monoisotopic (exact) mass is 203 g/mol. The van der Waals surface area contributed by atoms with E-state index in [1.54, 1.807) is 6.07 Å². The molecule has 0 aromatic heterocycles. The molecule has 78 valence electrons. The first-order chi connectivity index (χ1) is 6.50. The van der Waals surface area contributed by atoms with E-state index in [9.17, 15) is 13.6 Å². The van der Waals surface area contributed by atoms with Crippen molar-refractivity contribution in [1.29, 1.82) is 5.26 Å². The Morgan fingerprint density at radius 1 is 1.71 bits per heavy atom. The normalized spacial score (nSPS) is 24.7. The number of nitriles is 1. The molecule has 1 aliphatic rings. The lowest BCUT2D eigenvalue weighted by Crippen LogP contribution is -2.40. The summed E-state index contributed by atoms with van der Waals surface area (Å²) in [5.41, 5.74) is 5.08. The van der Waals surface area contributed by atoms with E-state index in [1.807, 2.05) is 0 Å². The van der Waals surface area contributed by atoms with Gasteiger partial charge >= 0.3 is 0 Å². The third kappa shape index (κ3) is 2.17. The molecule has 0 spiro atoms. The fourth-order valence-corrected chi connectivity index (χ4v) is 1.59. The summed E-state index contributed by atoms with van der Waals surface area (Å²) in [7, 11) is 0. The van der Waals surface area contributed by atoms with Crippen LogP contribution < -0.4 is 5.73 Å². The first-order valence-electron chi connectivity index (χ1n) is 4.24. The maximum absolute atomic E-state index is 12.9. The highest BCUT2D eigenvalue weighted by Gasteiger charge is 2.46. The second-order valence-corrected chi connectivity index (χ2v) is 3.30. The van der Waals surface area contributed by atoms with Gasteiger partial charge in [-0.2, -0.15) is 5.26 Å². The number of alkyl halides is 2. The van der Waals surface area contributed by atoms with Gasteiger partial charge in [0.1, 0.15) is 0 Å². The highest BCUT2D eigenvalue weighted by atomic mass is 19.3. The van der Waals surface area contributed by atoms with Crippen molar-refractivity contribution in [1.82, 2.24) is 4.90 Å². The number of rotatable bonds is 2.